The molecule has 0 amide bonds. The van der Waals surface area contributed by atoms with Gasteiger partial charge in [0.15, 0.2) is 0 Å². The minimum Gasteiger partial charge on any atom is -0.463 e. The number of rotatable bonds is 11. The number of carbonyl (C=O) groups is 1. The van der Waals surface area contributed by atoms with Gasteiger partial charge in [-0.1, -0.05) is 26.0 Å². The zero-order valence-corrected chi connectivity index (χ0v) is 21.8. The fourth-order valence-corrected chi connectivity index (χ4v) is 6.31. The molecule has 9 nitrogen and oxygen atoms in total. The van der Waals surface area contributed by atoms with E-state index in [4.69, 9.17) is 13.8 Å². The molecule has 0 aromatic heterocycles. The third-order valence-corrected chi connectivity index (χ3v) is 8.18. The van der Waals surface area contributed by atoms with Crippen LogP contribution in [-0.2, 0) is 23.1 Å². The number of nitro benzene ring substituents is 1. The Labute approximate surface area is 201 Å². The predicted molar refractivity (Wildman–Crippen MR) is 130 cm³/mol. The number of dihydropyridines is 1. The summed E-state index contributed by atoms with van der Waals surface area (Å²) in [5.74, 6) is -1.52. The molecule has 0 saturated heterocycles. The summed E-state index contributed by atoms with van der Waals surface area (Å²) in [7, 11) is -3.97. The molecule has 0 radical (unpaired) electrons. The highest BCUT2D eigenvalue weighted by molar-refractivity contribution is 7.58. The van der Waals surface area contributed by atoms with Crippen LogP contribution in [0, 0.1) is 10.1 Å². The monoisotopic (exact) mass is 494 g/mol. The van der Waals surface area contributed by atoms with Gasteiger partial charge < -0.3 is 19.1 Å². The Morgan fingerprint density at radius 2 is 1.71 bits per heavy atom. The Morgan fingerprint density at radius 3 is 2.21 bits per heavy atom. The van der Waals surface area contributed by atoms with Gasteiger partial charge >= 0.3 is 13.6 Å². The number of nitrogens with one attached hydrogen (secondary N) is 1. The van der Waals surface area contributed by atoms with E-state index in [1.165, 1.54) is 18.2 Å². The lowest BCUT2D eigenvalue weighted by Crippen LogP contribution is -2.30. The maximum absolute atomic E-state index is 14.5. The summed E-state index contributed by atoms with van der Waals surface area (Å²) in [5, 5.41) is 14.9. The highest BCUT2D eigenvalue weighted by Crippen LogP contribution is 2.65. The van der Waals surface area contributed by atoms with Gasteiger partial charge in [0.25, 0.3) is 5.69 Å². The molecule has 0 spiro atoms. The van der Waals surface area contributed by atoms with Crippen molar-refractivity contribution in [3.8, 4) is 0 Å². The summed E-state index contributed by atoms with van der Waals surface area (Å²) >= 11 is 0. The summed E-state index contributed by atoms with van der Waals surface area (Å²) in [6, 6.07) is 5.95. The van der Waals surface area contributed by atoms with Crippen LogP contribution in [0.4, 0.5) is 5.69 Å². The lowest BCUT2D eigenvalue weighted by atomic mass is 9.86. The molecule has 3 atom stereocenters. The molecule has 2 rings (SSSR count). The number of allylic oxidation sites excluding steroid dienone is 3. The van der Waals surface area contributed by atoms with Gasteiger partial charge in [0.1, 0.15) is 0 Å². The molecule has 1 aliphatic heterocycles. The van der Waals surface area contributed by atoms with Crippen molar-refractivity contribution < 1.29 is 28.1 Å². The summed E-state index contributed by atoms with van der Waals surface area (Å²) in [6.07, 6.45) is 0.404. The lowest BCUT2D eigenvalue weighted by molar-refractivity contribution is -0.384. The van der Waals surface area contributed by atoms with Crippen molar-refractivity contribution in [2.45, 2.75) is 79.4 Å². The molecule has 0 bridgehead atoms. The van der Waals surface area contributed by atoms with E-state index in [2.05, 4.69) is 5.32 Å². The third-order valence-electron chi connectivity index (χ3n) is 5.72. The van der Waals surface area contributed by atoms with E-state index in [9.17, 15) is 19.5 Å². The van der Waals surface area contributed by atoms with Gasteiger partial charge in [0.05, 0.1) is 40.5 Å². The van der Waals surface area contributed by atoms with Crippen LogP contribution in [0.15, 0.2) is 46.5 Å². The molecule has 10 heteroatoms. The van der Waals surface area contributed by atoms with Gasteiger partial charge in [-0.2, -0.15) is 0 Å². The summed E-state index contributed by atoms with van der Waals surface area (Å²) in [6.45, 7) is 12.7. The van der Waals surface area contributed by atoms with Gasteiger partial charge in [0.2, 0.25) is 0 Å². The second kappa shape index (κ2) is 11.8. The number of carbonyl (C=O) groups excluding carboxylic acids is 1. The Morgan fingerprint density at radius 1 is 1.12 bits per heavy atom. The van der Waals surface area contributed by atoms with Gasteiger partial charge in [-0.3, -0.25) is 14.7 Å². The molecule has 3 unspecified atom stereocenters. The number of hydrogen-bond acceptors (Lipinski definition) is 8. The van der Waals surface area contributed by atoms with Crippen molar-refractivity contribution in [1.29, 1.82) is 0 Å². The number of non-ortho nitro benzene ring substituents is 1. The molecule has 0 fully saturated rings. The van der Waals surface area contributed by atoms with Crippen molar-refractivity contribution in [1.82, 2.24) is 5.32 Å². The SMILES string of the molecule is CCOC(=O)C1=C(C)NC(C)=C(P(=O)(OC(C)CC)OC(C)CC)C1c1cccc([N+](=O)[O-])c1. The minimum absolute atomic E-state index is 0.139. The van der Waals surface area contributed by atoms with Crippen LogP contribution in [0.1, 0.15) is 72.8 Å². The number of nitrogens with zero attached hydrogens (tertiary/aromatic N) is 1. The van der Waals surface area contributed by atoms with E-state index in [0.717, 1.165) is 0 Å². The Kier molecular flexibility index (Phi) is 9.62. The van der Waals surface area contributed by atoms with Gasteiger partial charge in [-0.25, -0.2) is 4.79 Å². The number of ether oxygens (including phenoxy) is 1. The highest BCUT2D eigenvalue weighted by Gasteiger charge is 2.46. The molecular weight excluding hydrogens is 459 g/mol. The number of esters is 1. The van der Waals surface area contributed by atoms with E-state index >= 15 is 0 Å². The number of nitro groups is 1. The fraction of sp³-hybridized carbons (Fsp3) is 0.542. The molecule has 0 aliphatic carbocycles. The molecule has 1 aromatic rings. The van der Waals surface area contributed by atoms with E-state index in [-0.39, 0.29) is 35.4 Å². The first-order chi connectivity index (χ1) is 16.0. The number of hydrogen-bond donors (Lipinski definition) is 1. The zero-order valence-electron chi connectivity index (χ0n) is 20.9. The summed E-state index contributed by atoms with van der Waals surface area (Å²) < 4.78 is 31.9. The van der Waals surface area contributed by atoms with Gasteiger partial charge in [-0.05, 0) is 53.0 Å². The van der Waals surface area contributed by atoms with E-state index in [1.54, 1.807) is 40.7 Å². The van der Waals surface area contributed by atoms with Crippen LogP contribution in [0.25, 0.3) is 0 Å². The normalized spacial score (nSPS) is 19.8. The van der Waals surface area contributed by atoms with Crippen LogP contribution in [-0.4, -0.2) is 29.7 Å². The molecule has 34 heavy (non-hydrogen) atoms. The average molecular weight is 495 g/mol. The molecule has 1 aliphatic rings. The van der Waals surface area contributed by atoms with Crippen molar-refractivity contribution >= 4 is 19.3 Å². The fourth-order valence-electron chi connectivity index (χ4n) is 3.73. The van der Waals surface area contributed by atoms with Crippen LogP contribution in [0.2, 0.25) is 0 Å². The second-order valence-electron chi connectivity index (χ2n) is 8.33. The molecule has 1 heterocycles. The molecule has 1 aromatic carbocycles. The first-order valence-electron chi connectivity index (χ1n) is 11.6. The molecule has 188 valence electrons. The predicted octanol–water partition coefficient (Wildman–Crippen LogP) is 6.17. The van der Waals surface area contributed by atoms with Gasteiger partial charge in [0, 0.05) is 23.5 Å². The van der Waals surface area contributed by atoms with E-state index in [1.807, 2.05) is 13.8 Å². The van der Waals surface area contributed by atoms with E-state index in [0.29, 0.717) is 29.8 Å². The molecule has 1 N–H and O–H groups in total. The van der Waals surface area contributed by atoms with Gasteiger partial charge in [-0.15, -0.1) is 0 Å². The maximum Gasteiger partial charge on any atom is 0.360 e. The Bertz CT molecular complexity index is 1020. The van der Waals surface area contributed by atoms with Crippen LogP contribution in [0.5, 0.6) is 0 Å². The topological polar surface area (TPSA) is 117 Å². The van der Waals surface area contributed by atoms with Crippen LogP contribution in [0.3, 0.4) is 0 Å². The van der Waals surface area contributed by atoms with E-state index < -0.39 is 24.4 Å². The third kappa shape index (κ3) is 6.14. The maximum atomic E-state index is 14.5. The smallest absolute Gasteiger partial charge is 0.360 e. The second-order valence-corrected chi connectivity index (χ2v) is 10.2. The van der Waals surface area contributed by atoms with Crippen molar-refractivity contribution in [2.24, 2.45) is 0 Å². The minimum atomic E-state index is -3.97. The Hall–Kier alpha value is -2.48. The lowest BCUT2D eigenvalue weighted by Gasteiger charge is -2.36. The van der Waals surface area contributed by atoms with Crippen molar-refractivity contribution in [2.75, 3.05) is 6.61 Å². The highest BCUT2D eigenvalue weighted by atomic mass is 31.2. The molecule has 0 saturated carbocycles. The first-order valence-corrected chi connectivity index (χ1v) is 13.1. The summed E-state index contributed by atoms with van der Waals surface area (Å²) in [5.41, 5.74) is 1.51. The largest absolute Gasteiger partial charge is 0.463 e. The van der Waals surface area contributed by atoms with Crippen molar-refractivity contribution in [3.05, 3.63) is 62.2 Å². The quantitative estimate of drug-likeness (QED) is 0.168. The number of benzene rings is 1. The van der Waals surface area contributed by atoms with Crippen molar-refractivity contribution in [3.63, 3.8) is 0 Å². The standard InChI is InChI=1S/C24H35N2O7P/c1-8-15(4)32-34(30,33-16(5)9-2)23-18(7)25-17(6)21(24(27)31-10-3)22(23)19-12-11-13-20(14-19)26(28)29/h11-16,22,25H,8-10H2,1-7H3. The average Bonchev–Trinajstić information content (AvgIpc) is 2.78. The Balaban J connectivity index is 2.83. The van der Waals surface area contributed by atoms with Crippen LogP contribution >= 0.6 is 7.60 Å². The molecular formula is C24H35N2O7P. The van der Waals surface area contributed by atoms with Crippen LogP contribution < -0.4 is 5.32 Å². The zero-order chi connectivity index (χ0) is 25.6. The summed E-state index contributed by atoms with van der Waals surface area (Å²) in [4.78, 5) is 24.1. The first kappa shape index (κ1) is 27.8.